The van der Waals surface area contributed by atoms with Gasteiger partial charge in [-0.05, 0) is 18.1 Å². The van der Waals surface area contributed by atoms with Crippen molar-refractivity contribution >= 4 is 21.7 Å². The Hall–Kier alpha value is -2.07. The lowest BCUT2D eigenvalue weighted by atomic mass is 9.99. The Bertz CT molecular complexity index is 735. The molecular formula is C12H13FN2O6S. The number of sulfonamides is 1. The van der Waals surface area contributed by atoms with Crippen molar-refractivity contribution in [2.45, 2.75) is 11.8 Å². The molecule has 0 amide bonds. The monoisotopic (exact) mass is 332 g/mol. The van der Waals surface area contributed by atoms with Gasteiger partial charge in [-0.3, -0.25) is 14.9 Å². The zero-order valence-corrected chi connectivity index (χ0v) is 12.3. The molecule has 0 aliphatic carbocycles. The highest BCUT2D eigenvalue weighted by Gasteiger charge is 2.43. The number of hydrogen-bond donors (Lipinski definition) is 1. The van der Waals surface area contributed by atoms with Gasteiger partial charge in [0.1, 0.15) is 0 Å². The van der Waals surface area contributed by atoms with E-state index < -0.39 is 49.2 Å². The zero-order chi connectivity index (χ0) is 16.7. The summed E-state index contributed by atoms with van der Waals surface area (Å²) in [6.45, 7) is 1.19. The van der Waals surface area contributed by atoms with Crippen molar-refractivity contribution in [2.24, 2.45) is 11.8 Å². The van der Waals surface area contributed by atoms with E-state index in [1.807, 2.05) is 0 Å². The topological polar surface area (TPSA) is 118 Å². The Morgan fingerprint density at radius 1 is 1.45 bits per heavy atom. The number of nitro groups is 1. The number of para-hydroxylation sites is 1. The standard InChI is InChI=1S/C12H13FN2O6S/c1-7-5-14(6-8(7)12(16)17)22(20,21)10-4-2-3-9(13)11(10)15(18)19/h2-4,7-8H,5-6H2,1H3,(H,16,17)/t7-,8-/m1/s1. The van der Waals surface area contributed by atoms with Crippen LogP contribution in [0.2, 0.25) is 0 Å². The molecule has 8 nitrogen and oxygen atoms in total. The van der Waals surface area contributed by atoms with E-state index in [0.717, 1.165) is 22.5 Å². The number of carboxylic acids is 1. The lowest BCUT2D eigenvalue weighted by Crippen LogP contribution is -2.30. The molecule has 1 aromatic carbocycles. The molecule has 0 unspecified atom stereocenters. The summed E-state index contributed by atoms with van der Waals surface area (Å²) >= 11 is 0. The van der Waals surface area contributed by atoms with Crippen LogP contribution in [0.15, 0.2) is 23.1 Å². The molecule has 2 atom stereocenters. The molecule has 0 aromatic heterocycles. The Balaban J connectivity index is 2.47. The lowest BCUT2D eigenvalue weighted by Gasteiger charge is -2.16. The van der Waals surface area contributed by atoms with E-state index >= 15 is 0 Å². The minimum absolute atomic E-state index is 0.0903. The van der Waals surface area contributed by atoms with Gasteiger partial charge < -0.3 is 5.11 Å². The SMILES string of the molecule is C[C@@H]1CN(S(=O)(=O)c2cccc(F)c2[N+](=O)[O-])C[C@H]1C(=O)O. The van der Waals surface area contributed by atoms with E-state index in [-0.39, 0.29) is 13.1 Å². The Labute approximate surface area is 125 Å². The average Bonchev–Trinajstić information content (AvgIpc) is 2.81. The third-order valence-corrected chi connectivity index (χ3v) is 5.51. The minimum atomic E-state index is -4.35. The summed E-state index contributed by atoms with van der Waals surface area (Å²) in [6, 6.07) is 2.79. The molecule has 0 bridgehead atoms. The molecule has 1 aliphatic rings. The van der Waals surface area contributed by atoms with Crippen molar-refractivity contribution in [3.63, 3.8) is 0 Å². The van der Waals surface area contributed by atoms with Gasteiger partial charge in [-0.15, -0.1) is 0 Å². The molecule has 2 rings (SSSR count). The predicted octanol–water partition coefficient (Wildman–Crippen LogP) is 1.08. The number of hydrogen-bond acceptors (Lipinski definition) is 5. The van der Waals surface area contributed by atoms with Gasteiger partial charge >= 0.3 is 11.7 Å². The maximum atomic E-state index is 13.6. The average molecular weight is 332 g/mol. The maximum absolute atomic E-state index is 13.6. The van der Waals surface area contributed by atoms with Crippen molar-refractivity contribution in [3.8, 4) is 0 Å². The van der Waals surface area contributed by atoms with Crippen molar-refractivity contribution in [1.29, 1.82) is 0 Å². The molecule has 10 heteroatoms. The second-order valence-corrected chi connectivity index (χ2v) is 6.99. The number of aliphatic carboxylic acids is 1. The number of halogens is 1. The summed E-state index contributed by atoms with van der Waals surface area (Å²) in [6.07, 6.45) is 0. The van der Waals surface area contributed by atoms with E-state index in [0.29, 0.717) is 0 Å². The van der Waals surface area contributed by atoms with Crippen molar-refractivity contribution in [2.75, 3.05) is 13.1 Å². The summed E-state index contributed by atoms with van der Waals surface area (Å²) in [5.74, 6) is -3.74. The first-order chi connectivity index (χ1) is 10.2. The van der Waals surface area contributed by atoms with Crippen LogP contribution in [0.5, 0.6) is 0 Å². The highest BCUT2D eigenvalue weighted by atomic mass is 32.2. The molecule has 22 heavy (non-hydrogen) atoms. The fourth-order valence-corrected chi connectivity index (χ4v) is 4.19. The number of nitrogens with zero attached hydrogens (tertiary/aromatic N) is 2. The predicted molar refractivity (Wildman–Crippen MR) is 72.1 cm³/mol. The van der Waals surface area contributed by atoms with Gasteiger partial charge in [0.05, 0.1) is 10.8 Å². The molecule has 0 saturated carbocycles. The number of carbonyl (C=O) groups is 1. The quantitative estimate of drug-likeness (QED) is 0.651. The van der Waals surface area contributed by atoms with Crippen LogP contribution in [-0.4, -0.2) is 41.8 Å². The molecule has 0 radical (unpaired) electrons. The number of rotatable bonds is 4. The van der Waals surface area contributed by atoms with Crippen LogP contribution in [0.3, 0.4) is 0 Å². The van der Waals surface area contributed by atoms with Crippen LogP contribution in [0.1, 0.15) is 6.92 Å². The van der Waals surface area contributed by atoms with Crippen LogP contribution < -0.4 is 0 Å². The molecule has 0 spiro atoms. The molecule has 120 valence electrons. The fourth-order valence-electron chi connectivity index (χ4n) is 2.46. The van der Waals surface area contributed by atoms with E-state index in [4.69, 9.17) is 5.11 Å². The van der Waals surface area contributed by atoms with Gasteiger partial charge in [-0.1, -0.05) is 13.0 Å². The van der Waals surface area contributed by atoms with Crippen LogP contribution in [-0.2, 0) is 14.8 Å². The Morgan fingerprint density at radius 2 is 2.09 bits per heavy atom. The maximum Gasteiger partial charge on any atom is 0.324 e. The largest absolute Gasteiger partial charge is 0.481 e. The highest BCUT2D eigenvalue weighted by molar-refractivity contribution is 7.89. The van der Waals surface area contributed by atoms with Crippen LogP contribution in [0.25, 0.3) is 0 Å². The number of benzene rings is 1. The summed E-state index contributed by atoms with van der Waals surface area (Å²) in [7, 11) is -4.35. The third-order valence-electron chi connectivity index (χ3n) is 3.65. The zero-order valence-electron chi connectivity index (χ0n) is 11.5. The highest BCUT2D eigenvalue weighted by Crippen LogP contribution is 2.33. The van der Waals surface area contributed by atoms with E-state index in [1.165, 1.54) is 0 Å². The van der Waals surface area contributed by atoms with Crippen molar-refractivity contribution in [1.82, 2.24) is 4.31 Å². The van der Waals surface area contributed by atoms with Gasteiger partial charge in [0, 0.05) is 13.1 Å². The smallest absolute Gasteiger partial charge is 0.324 e. The normalized spacial score (nSPS) is 22.6. The first-order valence-corrected chi connectivity index (χ1v) is 7.76. The van der Waals surface area contributed by atoms with Crippen LogP contribution in [0.4, 0.5) is 10.1 Å². The van der Waals surface area contributed by atoms with E-state index in [1.54, 1.807) is 6.92 Å². The Morgan fingerprint density at radius 3 is 2.59 bits per heavy atom. The van der Waals surface area contributed by atoms with Gasteiger partial charge in [-0.2, -0.15) is 8.70 Å². The van der Waals surface area contributed by atoms with E-state index in [9.17, 15) is 27.7 Å². The Kier molecular flexibility index (Phi) is 4.16. The first-order valence-electron chi connectivity index (χ1n) is 6.32. The molecule has 1 aromatic rings. The fraction of sp³-hybridized carbons (Fsp3) is 0.417. The lowest BCUT2D eigenvalue weighted by molar-refractivity contribution is -0.390. The molecule has 1 saturated heterocycles. The summed E-state index contributed by atoms with van der Waals surface area (Å²) < 4.78 is 39.4. The second kappa shape index (κ2) is 5.61. The summed E-state index contributed by atoms with van der Waals surface area (Å²) in [5.41, 5.74) is -1.13. The third kappa shape index (κ3) is 2.66. The summed E-state index contributed by atoms with van der Waals surface area (Å²) in [5, 5.41) is 20.0. The van der Waals surface area contributed by atoms with E-state index in [2.05, 4.69) is 0 Å². The van der Waals surface area contributed by atoms with Crippen LogP contribution >= 0.6 is 0 Å². The minimum Gasteiger partial charge on any atom is -0.481 e. The van der Waals surface area contributed by atoms with Crippen LogP contribution in [0, 0.1) is 27.8 Å². The van der Waals surface area contributed by atoms with Gasteiger partial charge in [0.25, 0.3) is 0 Å². The van der Waals surface area contributed by atoms with Gasteiger partial charge in [0.2, 0.25) is 15.8 Å². The number of carboxylic acid groups (broad SMARTS) is 1. The molecule has 1 N–H and O–H groups in total. The van der Waals surface area contributed by atoms with Crippen molar-refractivity contribution in [3.05, 3.63) is 34.1 Å². The molecule has 1 heterocycles. The molecule has 1 fully saturated rings. The second-order valence-electron chi connectivity index (χ2n) is 5.09. The number of nitro benzene ring substituents is 1. The van der Waals surface area contributed by atoms with Crippen molar-refractivity contribution < 1.29 is 27.6 Å². The van der Waals surface area contributed by atoms with Gasteiger partial charge in [-0.25, -0.2) is 8.42 Å². The van der Waals surface area contributed by atoms with Gasteiger partial charge in [0.15, 0.2) is 4.90 Å². The summed E-state index contributed by atoms with van der Waals surface area (Å²) in [4.78, 5) is 20.1. The molecule has 1 aliphatic heterocycles. The first kappa shape index (κ1) is 16.3. The molecular weight excluding hydrogens is 319 g/mol.